The van der Waals surface area contributed by atoms with Crippen molar-refractivity contribution in [1.82, 2.24) is 5.32 Å². The van der Waals surface area contributed by atoms with Gasteiger partial charge in [0.15, 0.2) is 0 Å². The number of hydrogen-bond donors (Lipinski definition) is 2. The molecule has 3 heterocycles. The molecule has 0 spiro atoms. The molecule has 2 aromatic carbocycles. The van der Waals surface area contributed by atoms with Crippen LogP contribution in [0.3, 0.4) is 0 Å². The summed E-state index contributed by atoms with van der Waals surface area (Å²) in [5, 5.41) is 14.9. The summed E-state index contributed by atoms with van der Waals surface area (Å²) in [6.07, 6.45) is -0.712. The average Bonchev–Trinajstić information content (AvgIpc) is 2.96. The molecule has 3 aliphatic heterocycles. The first-order chi connectivity index (χ1) is 19.7. The lowest BCUT2D eigenvalue weighted by atomic mass is 9.83. The molecule has 5 rings (SSSR count). The number of ether oxygens (including phenoxy) is 4. The van der Waals surface area contributed by atoms with E-state index in [4.69, 9.17) is 23.4 Å². The molecule has 232 valence electrons. The number of aliphatic hydroxyl groups is 1. The smallest absolute Gasteiger partial charge is 0.408 e. The van der Waals surface area contributed by atoms with Crippen LogP contribution in [0.5, 0.6) is 0 Å². The Morgan fingerprint density at radius 2 is 1.38 bits per heavy atom. The van der Waals surface area contributed by atoms with Gasteiger partial charge in [-0.05, 0) is 40.2 Å². The van der Waals surface area contributed by atoms with Crippen LogP contribution in [0.15, 0.2) is 54.6 Å². The summed E-state index contributed by atoms with van der Waals surface area (Å²) in [5.41, 5.74) is 1.98. The van der Waals surface area contributed by atoms with Gasteiger partial charge in [0.1, 0.15) is 18.2 Å². The maximum atomic E-state index is 13.1. The third-order valence-electron chi connectivity index (χ3n) is 8.99. The highest BCUT2D eigenvalue weighted by Crippen LogP contribution is 2.45. The molecule has 3 aliphatic rings. The average molecular weight is 600 g/mol. The highest BCUT2D eigenvalue weighted by atomic mass is 28.4. The van der Waals surface area contributed by atoms with Gasteiger partial charge in [-0.3, -0.25) is 0 Å². The third kappa shape index (κ3) is 6.61. The summed E-state index contributed by atoms with van der Waals surface area (Å²) in [7, 11) is -2.03. The highest BCUT2D eigenvalue weighted by Gasteiger charge is 2.61. The van der Waals surface area contributed by atoms with E-state index < -0.39 is 32.0 Å². The van der Waals surface area contributed by atoms with Crippen LogP contribution in [-0.2, 0) is 42.2 Å². The van der Waals surface area contributed by atoms with Crippen LogP contribution >= 0.6 is 0 Å². The van der Waals surface area contributed by atoms with Crippen molar-refractivity contribution in [2.24, 2.45) is 5.41 Å². The first-order valence-electron chi connectivity index (χ1n) is 15.1. The van der Waals surface area contributed by atoms with E-state index in [0.717, 1.165) is 11.1 Å². The van der Waals surface area contributed by atoms with Crippen LogP contribution in [0.1, 0.15) is 72.1 Å². The highest BCUT2D eigenvalue weighted by molar-refractivity contribution is 6.77. The Bertz CT molecular complexity index is 1140. The molecule has 1 amide bonds. The topological polar surface area (TPSA) is 95.5 Å². The summed E-state index contributed by atoms with van der Waals surface area (Å²) in [5.74, 6) is -1.66. The lowest BCUT2D eigenvalue weighted by molar-refractivity contribution is -0.482. The Kier molecular flexibility index (Phi) is 9.91. The molecule has 0 unspecified atom stereocenters. The Hall–Kier alpha value is -2.27. The Morgan fingerprint density at radius 1 is 0.881 bits per heavy atom. The number of nitrogens with one attached hydrogen (secondary N) is 1. The van der Waals surface area contributed by atoms with Gasteiger partial charge in [0.25, 0.3) is 0 Å². The molecule has 0 radical (unpaired) electrons. The van der Waals surface area contributed by atoms with Gasteiger partial charge >= 0.3 is 12.1 Å². The minimum absolute atomic E-state index is 0.0812. The monoisotopic (exact) mass is 599 g/mol. The zero-order valence-corrected chi connectivity index (χ0v) is 27.4. The van der Waals surface area contributed by atoms with E-state index in [1.54, 1.807) is 6.92 Å². The van der Waals surface area contributed by atoms with Gasteiger partial charge in [0.05, 0.1) is 26.4 Å². The first-order valence-corrected chi connectivity index (χ1v) is 17.2. The molecule has 2 bridgehead atoms. The molecule has 0 aromatic heterocycles. The van der Waals surface area contributed by atoms with Gasteiger partial charge in [-0.1, -0.05) is 103 Å². The van der Waals surface area contributed by atoms with Crippen LogP contribution < -0.4 is 5.32 Å². The molecular weight excluding hydrogens is 550 g/mol. The second-order valence-corrected chi connectivity index (χ2v) is 18.8. The normalized spacial score (nSPS) is 24.6. The van der Waals surface area contributed by atoms with Gasteiger partial charge in [-0.2, -0.15) is 0 Å². The Balaban J connectivity index is 1.55. The Morgan fingerprint density at radius 3 is 1.88 bits per heavy atom. The summed E-state index contributed by atoms with van der Waals surface area (Å²) in [6, 6.07) is 15.9. The molecular formula is C33H49NO7Si. The largest absolute Gasteiger partial charge is 0.445 e. The fourth-order valence-corrected chi connectivity index (χ4v) is 12.0. The second kappa shape index (κ2) is 12.8. The fraction of sp³-hybridized carbons (Fsp3) is 0.606. The summed E-state index contributed by atoms with van der Waals surface area (Å²) in [6.45, 7) is 19.0. The second-order valence-electron chi connectivity index (χ2n) is 13.4. The maximum Gasteiger partial charge on any atom is 0.408 e. The minimum atomic E-state index is -2.03. The summed E-state index contributed by atoms with van der Waals surface area (Å²) in [4.78, 5) is 13.1. The van der Waals surface area contributed by atoms with Crippen molar-refractivity contribution in [1.29, 1.82) is 0 Å². The lowest BCUT2D eigenvalue weighted by Gasteiger charge is -2.55. The predicted octanol–water partition coefficient (Wildman–Crippen LogP) is 6.62. The van der Waals surface area contributed by atoms with Gasteiger partial charge in [0.2, 0.25) is 8.32 Å². The molecule has 2 N–H and O–H groups in total. The van der Waals surface area contributed by atoms with E-state index in [1.165, 1.54) is 0 Å². The van der Waals surface area contributed by atoms with Crippen LogP contribution in [0, 0.1) is 5.41 Å². The quantitative estimate of drug-likeness (QED) is 0.265. The van der Waals surface area contributed by atoms with Crippen molar-refractivity contribution in [3.8, 4) is 0 Å². The van der Waals surface area contributed by atoms with Crippen molar-refractivity contribution in [2.45, 2.75) is 103 Å². The Labute approximate surface area is 252 Å². The van der Waals surface area contributed by atoms with Gasteiger partial charge in [0, 0.05) is 5.41 Å². The van der Waals surface area contributed by atoms with Gasteiger partial charge in [-0.25, -0.2) is 4.79 Å². The van der Waals surface area contributed by atoms with E-state index in [1.807, 2.05) is 61.5 Å². The number of carbonyl (C=O) groups is 1. The number of rotatable bonds is 12. The number of amides is 1. The van der Waals surface area contributed by atoms with E-state index in [9.17, 15) is 9.90 Å². The molecule has 0 saturated carbocycles. The number of benzene rings is 2. The van der Waals surface area contributed by atoms with E-state index in [2.05, 4.69) is 46.9 Å². The standard InChI is InChI=1S/C33H49NO7Si/c1-23(2)42(24(3)4,25(5)6)41-19-27-14-16-28(17-15-27)32(8,36)29(33-38-20-31(7,21-39-33)22-40-33)34-30(35)37-18-26-12-10-9-11-13-26/h9-17,23-25,29,36H,18-22H2,1-8H3,(H,34,35)/t29-,31?,32-,33?/m0/s1. The lowest BCUT2D eigenvalue weighted by Crippen LogP contribution is -2.72. The van der Waals surface area contributed by atoms with Crippen LogP contribution in [0.2, 0.25) is 16.6 Å². The molecule has 0 aliphatic carbocycles. The molecule has 42 heavy (non-hydrogen) atoms. The molecule has 9 heteroatoms. The van der Waals surface area contributed by atoms with Crippen molar-refractivity contribution in [2.75, 3.05) is 19.8 Å². The summed E-state index contributed by atoms with van der Waals surface area (Å²) < 4.78 is 30.5. The van der Waals surface area contributed by atoms with E-state index in [0.29, 0.717) is 48.6 Å². The van der Waals surface area contributed by atoms with Crippen molar-refractivity contribution in [3.63, 3.8) is 0 Å². The number of hydrogen-bond acceptors (Lipinski definition) is 7. The predicted molar refractivity (Wildman–Crippen MR) is 164 cm³/mol. The van der Waals surface area contributed by atoms with Crippen LogP contribution in [0.25, 0.3) is 0 Å². The third-order valence-corrected chi connectivity index (χ3v) is 15.0. The number of alkyl carbamates (subject to hydrolysis) is 1. The number of fused-ring (bicyclic) bond motifs is 3. The molecule has 2 atom stereocenters. The van der Waals surface area contributed by atoms with E-state index >= 15 is 0 Å². The molecule has 3 fully saturated rings. The van der Waals surface area contributed by atoms with Crippen LogP contribution in [0.4, 0.5) is 4.79 Å². The zero-order chi connectivity index (χ0) is 30.8. The van der Waals surface area contributed by atoms with Crippen molar-refractivity contribution >= 4 is 14.4 Å². The van der Waals surface area contributed by atoms with E-state index in [-0.39, 0.29) is 12.0 Å². The van der Waals surface area contributed by atoms with Gasteiger partial charge < -0.3 is 33.8 Å². The molecule has 8 nitrogen and oxygen atoms in total. The van der Waals surface area contributed by atoms with Crippen LogP contribution in [-0.4, -0.2) is 51.4 Å². The number of carbonyl (C=O) groups excluding carboxylic acids is 1. The fourth-order valence-electron chi connectivity index (χ4n) is 6.59. The minimum Gasteiger partial charge on any atom is -0.445 e. The molecule has 3 saturated heterocycles. The van der Waals surface area contributed by atoms with Crippen molar-refractivity contribution < 1.29 is 33.3 Å². The first kappa shape index (κ1) is 32.6. The SMILES string of the molecule is CC(C)[Si](OCc1ccc([C@](C)(O)[C@H](NC(=O)OCc2ccccc2)C23OCC(C)(CO2)CO3)cc1)(C(C)C)C(C)C. The maximum absolute atomic E-state index is 13.1. The van der Waals surface area contributed by atoms with Crippen molar-refractivity contribution in [3.05, 3.63) is 71.3 Å². The summed E-state index contributed by atoms with van der Waals surface area (Å²) >= 11 is 0. The molecule has 2 aromatic rings. The van der Waals surface area contributed by atoms with Gasteiger partial charge in [-0.15, -0.1) is 0 Å². The zero-order valence-electron chi connectivity index (χ0n) is 26.4.